The van der Waals surface area contributed by atoms with E-state index in [0.717, 1.165) is 43.3 Å². The Morgan fingerprint density at radius 1 is 1.15 bits per heavy atom. The van der Waals surface area contributed by atoms with Gasteiger partial charge in [0.1, 0.15) is 11.9 Å². The molecule has 3 atom stereocenters. The minimum atomic E-state index is 0.192. The Balaban J connectivity index is 1.40. The predicted octanol–water partition coefficient (Wildman–Crippen LogP) is 4.08. The van der Waals surface area contributed by atoms with E-state index in [1.54, 1.807) is 0 Å². The summed E-state index contributed by atoms with van der Waals surface area (Å²) in [5.74, 6) is 4.46. The van der Waals surface area contributed by atoms with Crippen LogP contribution in [0.2, 0.25) is 0 Å². The van der Waals surface area contributed by atoms with Gasteiger partial charge in [-0.25, -0.2) is 9.97 Å². The standard InChI is InChI=1S/C21H28N4O/c1-13(2)16-9-19-21(24-10-16)25-12-18(26-19)7-14(3)17-8-15-5-4-6-22-20(15)23-11-17/h4-6,9-10,13-14,17-18H,7-8,11-12H2,1-3H3,(H,22,23)(H,24,25). The van der Waals surface area contributed by atoms with Gasteiger partial charge in [-0.05, 0) is 53.9 Å². The van der Waals surface area contributed by atoms with Crippen LogP contribution in [0, 0.1) is 11.8 Å². The lowest BCUT2D eigenvalue weighted by Gasteiger charge is -2.34. The van der Waals surface area contributed by atoms with E-state index in [1.807, 2.05) is 18.5 Å². The molecule has 0 saturated carbocycles. The lowest BCUT2D eigenvalue weighted by Crippen LogP contribution is -2.36. The largest absolute Gasteiger partial charge is 0.485 e. The third-order valence-electron chi connectivity index (χ3n) is 5.68. The van der Waals surface area contributed by atoms with E-state index in [9.17, 15) is 0 Å². The van der Waals surface area contributed by atoms with E-state index >= 15 is 0 Å². The summed E-state index contributed by atoms with van der Waals surface area (Å²) in [6, 6.07) is 6.35. The number of nitrogens with one attached hydrogen (secondary N) is 2. The number of pyridine rings is 2. The highest BCUT2D eigenvalue weighted by Gasteiger charge is 2.28. The molecular formula is C21H28N4O. The Labute approximate surface area is 155 Å². The van der Waals surface area contributed by atoms with Crippen molar-refractivity contribution in [2.75, 3.05) is 23.7 Å². The molecule has 0 aromatic carbocycles. The van der Waals surface area contributed by atoms with E-state index in [2.05, 4.69) is 53.5 Å². The molecule has 0 amide bonds. The summed E-state index contributed by atoms with van der Waals surface area (Å²) in [7, 11) is 0. The molecule has 2 aromatic rings. The fourth-order valence-electron chi connectivity index (χ4n) is 3.92. The fourth-order valence-corrected chi connectivity index (χ4v) is 3.92. The first kappa shape index (κ1) is 17.1. The lowest BCUT2D eigenvalue weighted by molar-refractivity contribution is 0.156. The Morgan fingerprint density at radius 3 is 2.85 bits per heavy atom. The summed E-state index contributed by atoms with van der Waals surface area (Å²) in [5, 5.41) is 6.93. The van der Waals surface area contributed by atoms with Crippen LogP contribution in [-0.2, 0) is 6.42 Å². The monoisotopic (exact) mass is 352 g/mol. The first-order chi connectivity index (χ1) is 12.6. The smallest absolute Gasteiger partial charge is 0.168 e. The van der Waals surface area contributed by atoms with Gasteiger partial charge in [-0.1, -0.05) is 26.8 Å². The fraction of sp³-hybridized carbons (Fsp3) is 0.524. The molecule has 3 unspecified atom stereocenters. The summed E-state index contributed by atoms with van der Waals surface area (Å²) < 4.78 is 6.30. The zero-order valence-corrected chi connectivity index (χ0v) is 15.8. The third-order valence-corrected chi connectivity index (χ3v) is 5.68. The van der Waals surface area contributed by atoms with Gasteiger partial charge in [0.05, 0.1) is 6.54 Å². The molecule has 2 aliphatic heterocycles. The average Bonchev–Trinajstić information content (AvgIpc) is 2.67. The van der Waals surface area contributed by atoms with Crippen molar-refractivity contribution in [1.29, 1.82) is 0 Å². The van der Waals surface area contributed by atoms with E-state index < -0.39 is 0 Å². The molecule has 5 heteroatoms. The molecular weight excluding hydrogens is 324 g/mol. The molecule has 2 aliphatic rings. The number of aromatic nitrogens is 2. The Kier molecular flexibility index (Phi) is 4.70. The van der Waals surface area contributed by atoms with Crippen molar-refractivity contribution in [3.05, 3.63) is 41.7 Å². The van der Waals surface area contributed by atoms with Crippen molar-refractivity contribution in [3.63, 3.8) is 0 Å². The summed E-state index contributed by atoms with van der Waals surface area (Å²) in [6.45, 7) is 8.52. The molecule has 138 valence electrons. The highest BCUT2D eigenvalue weighted by atomic mass is 16.5. The molecule has 0 bridgehead atoms. The van der Waals surface area contributed by atoms with E-state index in [-0.39, 0.29) is 6.10 Å². The van der Waals surface area contributed by atoms with Gasteiger partial charge in [0.15, 0.2) is 11.6 Å². The highest BCUT2D eigenvalue weighted by Crippen LogP contribution is 2.34. The van der Waals surface area contributed by atoms with E-state index in [4.69, 9.17) is 4.74 Å². The van der Waals surface area contributed by atoms with Crippen LogP contribution in [0.25, 0.3) is 0 Å². The maximum atomic E-state index is 6.30. The highest BCUT2D eigenvalue weighted by molar-refractivity contribution is 5.53. The van der Waals surface area contributed by atoms with Gasteiger partial charge in [0.25, 0.3) is 0 Å². The van der Waals surface area contributed by atoms with Crippen LogP contribution in [-0.4, -0.2) is 29.2 Å². The predicted molar refractivity (Wildman–Crippen MR) is 105 cm³/mol. The zero-order chi connectivity index (χ0) is 18.1. The zero-order valence-electron chi connectivity index (χ0n) is 15.8. The third kappa shape index (κ3) is 3.48. The van der Waals surface area contributed by atoms with Crippen molar-refractivity contribution in [1.82, 2.24) is 9.97 Å². The van der Waals surface area contributed by atoms with Gasteiger partial charge in [0, 0.05) is 18.9 Å². The molecule has 2 aromatic heterocycles. The Hall–Kier alpha value is -2.30. The van der Waals surface area contributed by atoms with Gasteiger partial charge < -0.3 is 15.4 Å². The van der Waals surface area contributed by atoms with E-state index in [0.29, 0.717) is 17.8 Å². The van der Waals surface area contributed by atoms with Crippen LogP contribution in [0.5, 0.6) is 5.75 Å². The molecule has 5 nitrogen and oxygen atoms in total. The van der Waals surface area contributed by atoms with Crippen LogP contribution in [0.15, 0.2) is 30.6 Å². The molecule has 0 radical (unpaired) electrons. The number of nitrogens with zero attached hydrogens (tertiary/aromatic N) is 2. The van der Waals surface area contributed by atoms with Gasteiger partial charge in [-0.3, -0.25) is 0 Å². The molecule has 0 spiro atoms. The number of fused-ring (bicyclic) bond motifs is 2. The van der Waals surface area contributed by atoms with Gasteiger partial charge in [0.2, 0.25) is 0 Å². The first-order valence-corrected chi connectivity index (χ1v) is 9.68. The van der Waals surface area contributed by atoms with Crippen LogP contribution < -0.4 is 15.4 Å². The average molecular weight is 352 g/mol. The number of ether oxygens (including phenoxy) is 1. The number of rotatable bonds is 4. The van der Waals surface area contributed by atoms with Crippen LogP contribution in [0.1, 0.15) is 44.2 Å². The van der Waals surface area contributed by atoms with Crippen LogP contribution >= 0.6 is 0 Å². The molecule has 0 saturated heterocycles. The van der Waals surface area contributed by atoms with Gasteiger partial charge in [-0.15, -0.1) is 0 Å². The summed E-state index contributed by atoms with van der Waals surface area (Å²) in [5.41, 5.74) is 2.55. The van der Waals surface area contributed by atoms with Crippen molar-refractivity contribution in [2.45, 2.75) is 45.6 Å². The van der Waals surface area contributed by atoms with E-state index in [1.165, 1.54) is 11.1 Å². The minimum Gasteiger partial charge on any atom is -0.485 e. The number of hydrogen-bond donors (Lipinski definition) is 2. The molecule has 2 N–H and O–H groups in total. The summed E-state index contributed by atoms with van der Waals surface area (Å²) >= 11 is 0. The molecule has 26 heavy (non-hydrogen) atoms. The maximum Gasteiger partial charge on any atom is 0.168 e. The van der Waals surface area contributed by atoms with Gasteiger partial charge >= 0.3 is 0 Å². The summed E-state index contributed by atoms with van der Waals surface area (Å²) in [6.07, 6.45) is 6.13. The second-order valence-electron chi connectivity index (χ2n) is 7.96. The van der Waals surface area contributed by atoms with Crippen molar-refractivity contribution in [3.8, 4) is 5.75 Å². The first-order valence-electron chi connectivity index (χ1n) is 9.68. The van der Waals surface area contributed by atoms with Crippen molar-refractivity contribution < 1.29 is 4.74 Å². The number of hydrogen-bond acceptors (Lipinski definition) is 5. The maximum absolute atomic E-state index is 6.30. The summed E-state index contributed by atoms with van der Waals surface area (Å²) in [4.78, 5) is 8.94. The molecule has 0 fully saturated rings. The molecule has 4 heterocycles. The number of anilines is 2. The van der Waals surface area contributed by atoms with Gasteiger partial charge in [-0.2, -0.15) is 0 Å². The lowest BCUT2D eigenvalue weighted by atomic mass is 9.82. The molecule has 0 aliphatic carbocycles. The topological polar surface area (TPSA) is 59.1 Å². The molecule has 4 rings (SSSR count). The Morgan fingerprint density at radius 2 is 2.00 bits per heavy atom. The second kappa shape index (κ2) is 7.14. The van der Waals surface area contributed by atoms with Crippen LogP contribution in [0.4, 0.5) is 11.6 Å². The minimum absolute atomic E-state index is 0.192. The Bertz CT molecular complexity index is 776. The quantitative estimate of drug-likeness (QED) is 0.868. The SMILES string of the molecule is CC(C)c1cnc2c(c1)OC(CC(C)C1CNc3ncccc3C1)CN2. The van der Waals surface area contributed by atoms with Crippen molar-refractivity contribution >= 4 is 11.6 Å². The van der Waals surface area contributed by atoms with Crippen LogP contribution in [0.3, 0.4) is 0 Å². The normalized spacial score (nSPS) is 22.5. The second-order valence-corrected chi connectivity index (χ2v) is 7.96. The van der Waals surface area contributed by atoms with Crippen molar-refractivity contribution in [2.24, 2.45) is 11.8 Å².